The molecule has 1 heterocycles. The molecule has 3 rings (SSSR count). The van der Waals surface area contributed by atoms with Gasteiger partial charge in [0.2, 0.25) is 0 Å². The summed E-state index contributed by atoms with van der Waals surface area (Å²) in [4.78, 5) is 30.4. The number of hydrogen-bond acceptors (Lipinski definition) is 4. The molecule has 1 aliphatic heterocycles. The zero-order valence-electron chi connectivity index (χ0n) is 16.9. The van der Waals surface area contributed by atoms with Crippen molar-refractivity contribution in [1.82, 2.24) is 4.90 Å². The zero-order chi connectivity index (χ0) is 23.5. The van der Waals surface area contributed by atoms with Gasteiger partial charge in [0.05, 0.1) is 5.56 Å². The lowest BCUT2D eigenvalue weighted by molar-refractivity contribution is -0.138. The monoisotopic (exact) mass is 465 g/mol. The van der Waals surface area contributed by atoms with Crippen LogP contribution in [0.15, 0.2) is 52.4 Å². The van der Waals surface area contributed by atoms with Gasteiger partial charge < -0.3 is 16.4 Å². The highest BCUT2D eigenvalue weighted by atomic mass is 32.2. The van der Waals surface area contributed by atoms with E-state index in [2.05, 4.69) is 4.99 Å². The van der Waals surface area contributed by atoms with Crippen molar-refractivity contribution in [2.45, 2.75) is 29.8 Å². The third-order valence-corrected chi connectivity index (χ3v) is 5.84. The van der Waals surface area contributed by atoms with Crippen molar-refractivity contribution >= 4 is 29.7 Å². The van der Waals surface area contributed by atoms with Crippen LogP contribution in [-0.2, 0) is 6.18 Å². The fraction of sp³-hybridized carbons (Fsp3) is 0.286. The first-order valence-corrected chi connectivity index (χ1v) is 10.6. The number of hydrogen-bond donors (Lipinski definition) is 3. The van der Waals surface area contributed by atoms with Gasteiger partial charge in [-0.3, -0.25) is 14.7 Å². The normalized spacial score (nSPS) is 14.8. The molecule has 0 unspecified atom stereocenters. The Morgan fingerprint density at radius 3 is 2.12 bits per heavy atom. The topological polar surface area (TPSA) is 128 Å². The van der Waals surface area contributed by atoms with Crippen molar-refractivity contribution in [3.8, 4) is 0 Å². The van der Waals surface area contributed by atoms with E-state index in [1.165, 1.54) is 12.1 Å². The van der Waals surface area contributed by atoms with Crippen LogP contribution in [0, 0.1) is 0 Å². The number of guanidine groups is 1. The molecule has 2 amide bonds. The van der Waals surface area contributed by atoms with Gasteiger partial charge in [-0.25, -0.2) is 0 Å². The number of piperidine rings is 1. The first kappa shape index (κ1) is 23.6. The summed E-state index contributed by atoms with van der Waals surface area (Å²) >= 11 is 1.07. The summed E-state index contributed by atoms with van der Waals surface area (Å²) in [6, 6.07) is 10.2. The molecule has 2 aromatic carbocycles. The fourth-order valence-electron chi connectivity index (χ4n) is 3.72. The molecule has 2 aromatic rings. The Balaban J connectivity index is 1.77. The van der Waals surface area contributed by atoms with Crippen LogP contribution < -0.4 is 16.6 Å². The summed E-state index contributed by atoms with van der Waals surface area (Å²) in [7, 11) is 0. The Morgan fingerprint density at radius 2 is 1.59 bits per heavy atom. The van der Waals surface area contributed by atoms with Crippen LogP contribution in [0.4, 0.5) is 13.2 Å². The van der Waals surface area contributed by atoms with E-state index >= 15 is 0 Å². The van der Waals surface area contributed by atoms with Crippen LogP contribution in [0.2, 0.25) is 0 Å². The van der Waals surface area contributed by atoms with Crippen LogP contribution in [0.1, 0.15) is 50.6 Å². The molecule has 1 saturated heterocycles. The quantitative estimate of drug-likeness (QED) is 0.362. The molecule has 6 N–H and O–H groups in total. The van der Waals surface area contributed by atoms with E-state index in [1.807, 2.05) is 0 Å². The molecule has 0 saturated carbocycles. The Bertz CT molecular complexity index is 1030. The van der Waals surface area contributed by atoms with Crippen LogP contribution >= 0.6 is 11.9 Å². The third-order valence-electron chi connectivity index (χ3n) is 5.30. The van der Waals surface area contributed by atoms with Crippen molar-refractivity contribution in [1.29, 1.82) is 0 Å². The minimum absolute atomic E-state index is 0.0928. The van der Waals surface area contributed by atoms with E-state index < -0.39 is 29.5 Å². The minimum Gasteiger partial charge on any atom is -0.370 e. The molecule has 7 nitrogen and oxygen atoms in total. The molecule has 0 aliphatic carbocycles. The summed E-state index contributed by atoms with van der Waals surface area (Å²) in [5.74, 6) is -2.05. The van der Waals surface area contributed by atoms with Crippen molar-refractivity contribution < 1.29 is 22.8 Å². The highest BCUT2D eigenvalue weighted by molar-refractivity contribution is 7.97. The summed E-state index contributed by atoms with van der Waals surface area (Å²) in [6.45, 7) is 0.645. The third kappa shape index (κ3) is 5.40. The first-order valence-electron chi connectivity index (χ1n) is 9.71. The maximum atomic E-state index is 13.7. The van der Waals surface area contributed by atoms with Gasteiger partial charge >= 0.3 is 6.18 Å². The maximum Gasteiger partial charge on any atom is 0.416 e. The predicted octanol–water partition coefficient (Wildman–Crippen LogP) is 3.10. The van der Waals surface area contributed by atoms with Crippen molar-refractivity contribution in [2.75, 3.05) is 13.1 Å². The van der Waals surface area contributed by atoms with Crippen molar-refractivity contribution in [3.63, 3.8) is 0 Å². The summed E-state index contributed by atoms with van der Waals surface area (Å²) in [5, 5.41) is 5.48. The number of benzene rings is 2. The second-order valence-electron chi connectivity index (χ2n) is 7.35. The number of carbonyl (C=O) groups excluding carboxylic acids is 2. The largest absolute Gasteiger partial charge is 0.416 e. The zero-order valence-corrected chi connectivity index (χ0v) is 17.7. The van der Waals surface area contributed by atoms with Gasteiger partial charge in [0.25, 0.3) is 11.8 Å². The number of carbonyl (C=O) groups is 2. The molecule has 0 bridgehead atoms. The molecule has 0 atom stereocenters. The SMILES string of the molecule is NSc1ccc(C(=O)N2CCC(c3ccc(C(=O)N=C(N)N)cc3C(F)(F)F)CC2)cc1. The highest BCUT2D eigenvalue weighted by Crippen LogP contribution is 2.39. The van der Waals surface area contributed by atoms with Gasteiger partial charge in [-0.1, -0.05) is 6.07 Å². The summed E-state index contributed by atoms with van der Waals surface area (Å²) in [5.41, 5.74) is 9.73. The highest BCUT2D eigenvalue weighted by Gasteiger charge is 2.37. The summed E-state index contributed by atoms with van der Waals surface area (Å²) in [6.07, 6.45) is -3.92. The molecule has 1 fully saturated rings. The predicted molar refractivity (Wildman–Crippen MR) is 116 cm³/mol. The number of amides is 2. The van der Waals surface area contributed by atoms with E-state index in [9.17, 15) is 22.8 Å². The Hall–Kier alpha value is -3.05. The lowest BCUT2D eigenvalue weighted by Gasteiger charge is -2.33. The Kier molecular flexibility index (Phi) is 7.09. The molecule has 0 radical (unpaired) electrons. The number of halogens is 3. The molecule has 1 aliphatic rings. The smallest absolute Gasteiger partial charge is 0.370 e. The van der Waals surface area contributed by atoms with Gasteiger partial charge in [0.1, 0.15) is 0 Å². The second-order valence-corrected chi connectivity index (χ2v) is 8.06. The average molecular weight is 466 g/mol. The first-order chi connectivity index (χ1) is 15.1. The molecule has 0 aromatic heterocycles. The Labute approximate surface area is 187 Å². The van der Waals surface area contributed by atoms with E-state index in [1.54, 1.807) is 29.2 Å². The minimum atomic E-state index is -4.65. The number of nitrogens with two attached hydrogens (primary N) is 3. The lowest BCUT2D eigenvalue weighted by Crippen LogP contribution is -2.38. The van der Waals surface area contributed by atoms with Crippen LogP contribution in [-0.4, -0.2) is 35.8 Å². The van der Waals surface area contributed by atoms with E-state index in [0.29, 0.717) is 31.5 Å². The average Bonchev–Trinajstić information content (AvgIpc) is 2.77. The van der Waals surface area contributed by atoms with E-state index in [0.717, 1.165) is 22.9 Å². The number of rotatable bonds is 4. The molecular weight excluding hydrogens is 443 g/mol. The lowest BCUT2D eigenvalue weighted by atomic mass is 9.85. The number of aliphatic imine (C=N–C) groups is 1. The van der Waals surface area contributed by atoms with Gasteiger partial charge in [-0.2, -0.15) is 18.2 Å². The van der Waals surface area contributed by atoms with Crippen molar-refractivity contribution in [3.05, 3.63) is 64.7 Å². The molecular formula is C21H22F3N5O2S. The summed E-state index contributed by atoms with van der Waals surface area (Å²) < 4.78 is 41.2. The van der Waals surface area contributed by atoms with Crippen LogP contribution in [0.3, 0.4) is 0 Å². The fourth-order valence-corrected chi connectivity index (χ4v) is 4.02. The standard InChI is InChI=1S/C21H22F3N5O2S/c22-21(23,24)17-11-14(18(30)28-20(25)26)3-6-16(17)12-7-9-29(10-8-12)19(31)13-1-4-15(32-27)5-2-13/h1-6,11-12H,7-10,27H2,(H4,25,26,28,30). The number of likely N-dealkylation sites (tertiary alicyclic amines) is 1. The van der Waals surface area contributed by atoms with E-state index in [4.69, 9.17) is 16.6 Å². The van der Waals surface area contributed by atoms with Crippen LogP contribution in [0.5, 0.6) is 0 Å². The van der Waals surface area contributed by atoms with Gasteiger partial charge in [-0.05, 0) is 72.7 Å². The molecule has 0 spiro atoms. The van der Waals surface area contributed by atoms with Gasteiger partial charge in [0.15, 0.2) is 5.96 Å². The van der Waals surface area contributed by atoms with Gasteiger partial charge in [0, 0.05) is 29.1 Å². The number of alkyl halides is 3. The Morgan fingerprint density at radius 1 is 1.00 bits per heavy atom. The molecule has 32 heavy (non-hydrogen) atoms. The van der Waals surface area contributed by atoms with Crippen molar-refractivity contribution in [2.24, 2.45) is 21.6 Å². The number of nitrogens with zero attached hydrogens (tertiary/aromatic N) is 2. The van der Waals surface area contributed by atoms with E-state index in [-0.39, 0.29) is 17.0 Å². The molecule has 11 heteroatoms. The van der Waals surface area contributed by atoms with Crippen LogP contribution in [0.25, 0.3) is 0 Å². The maximum absolute atomic E-state index is 13.7. The van der Waals surface area contributed by atoms with Gasteiger partial charge in [-0.15, -0.1) is 0 Å². The second kappa shape index (κ2) is 9.61. The molecule has 170 valence electrons.